The summed E-state index contributed by atoms with van der Waals surface area (Å²) in [6, 6.07) is 1.12. The molecule has 1 aliphatic rings. The molecule has 12 heavy (non-hydrogen) atoms. The Morgan fingerprint density at radius 3 is 2.92 bits per heavy atom. The molecule has 70 valence electrons. The van der Waals surface area contributed by atoms with Crippen molar-refractivity contribution in [1.29, 1.82) is 0 Å². The molecule has 0 aromatic carbocycles. The summed E-state index contributed by atoms with van der Waals surface area (Å²) in [5.41, 5.74) is -0.0117. The smallest absolute Gasteiger partial charge is 0.229 e. The van der Waals surface area contributed by atoms with Gasteiger partial charge in [0.15, 0.2) is 0 Å². The first-order valence-corrected chi connectivity index (χ1v) is 5.79. The average molecular weight is 186 g/mol. The van der Waals surface area contributed by atoms with E-state index < -0.39 is 0 Å². The molecule has 0 saturated carbocycles. The molecule has 0 bridgehead atoms. The van der Waals surface area contributed by atoms with Gasteiger partial charge in [-0.05, 0) is 25.3 Å². The first kappa shape index (κ1) is 10.2. The van der Waals surface area contributed by atoms with E-state index in [0.29, 0.717) is 15.7 Å². The van der Waals surface area contributed by atoms with Crippen LogP contribution in [-0.2, 0) is 9.16 Å². The van der Waals surface area contributed by atoms with Crippen LogP contribution in [0.5, 0.6) is 0 Å². The minimum Gasteiger partial charge on any atom is -0.415 e. The minimum atomic E-state index is -0.0117. The molecule has 0 N–H and O–H groups in total. The van der Waals surface area contributed by atoms with Crippen LogP contribution in [-0.4, -0.2) is 28.6 Å². The van der Waals surface area contributed by atoms with E-state index >= 15 is 0 Å². The monoisotopic (exact) mass is 186 g/mol. The molecule has 0 aliphatic carbocycles. The Bertz CT molecular complexity index is 140. The van der Waals surface area contributed by atoms with E-state index in [-0.39, 0.29) is 5.60 Å². The van der Waals surface area contributed by atoms with Crippen LogP contribution in [0.4, 0.5) is 0 Å². The van der Waals surface area contributed by atoms with E-state index in [4.69, 9.17) is 9.16 Å². The molecule has 1 aliphatic heterocycles. The zero-order valence-corrected chi connectivity index (χ0v) is 9.22. The van der Waals surface area contributed by atoms with Gasteiger partial charge in [0.2, 0.25) is 9.76 Å². The Morgan fingerprint density at radius 1 is 1.67 bits per heavy atom. The number of hydrogen-bond donors (Lipinski definition) is 0. The molecule has 1 heterocycles. The summed E-state index contributed by atoms with van der Waals surface area (Å²) in [7, 11) is 0.632. The average Bonchev–Trinajstić information content (AvgIpc) is 2.34. The zero-order chi connectivity index (χ0) is 9.03. The lowest BCUT2D eigenvalue weighted by molar-refractivity contribution is -0.0355. The van der Waals surface area contributed by atoms with Gasteiger partial charge in [0.25, 0.3) is 0 Å². The highest BCUT2D eigenvalue weighted by Gasteiger charge is 2.36. The predicted molar refractivity (Wildman–Crippen MR) is 50.3 cm³/mol. The summed E-state index contributed by atoms with van der Waals surface area (Å²) in [5.74, 6) is 0.638. The summed E-state index contributed by atoms with van der Waals surface area (Å²) < 4.78 is 11.2. The van der Waals surface area contributed by atoms with Crippen molar-refractivity contribution in [3.63, 3.8) is 0 Å². The number of hydrogen-bond acceptors (Lipinski definition) is 2. The topological polar surface area (TPSA) is 18.5 Å². The van der Waals surface area contributed by atoms with Crippen molar-refractivity contribution < 1.29 is 9.16 Å². The molecule has 0 amide bonds. The molecular formula is C9H18O2Si. The van der Waals surface area contributed by atoms with Gasteiger partial charge < -0.3 is 9.16 Å². The lowest BCUT2D eigenvalue weighted by Crippen LogP contribution is -2.36. The van der Waals surface area contributed by atoms with Crippen molar-refractivity contribution >= 4 is 9.76 Å². The standard InChI is InChI=1S/C9H18O2Si/c1-4-12-11-7-9(3)8(2)5-6-10-9/h8H,4-7H2,1-3H3. The van der Waals surface area contributed by atoms with Crippen molar-refractivity contribution in [2.45, 2.75) is 38.8 Å². The number of ether oxygens (including phenoxy) is 1. The fraction of sp³-hybridized carbons (Fsp3) is 1.00. The minimum absolute atomic E-state index is 0.0117. The van der Waals surface area contributed by atoms with Crippen LogP contribution in [0.25, 0.3) is 0 Å². The Balaban J connectivity index is 2.27. The Labute approximate surface area is 77.6 Å². The molecule has 1 saturated heterocycles. The molecule has 2 nitrogen and oxygen atoms in total. The van der Waals surface area contributed by atoms with Gasteiger partial charge in [0.05, 0.1) is 12.2 Å². The van der Waals surface area contributed by atoms with Crippen molar-refractivity contribution in [3.05, 3.63) is 0 Å². The summed E-state index contributed by atoms with van der Waals surface area (Å²) in [5, 5.41) is 0. The molecule has 1 fully saturated rings. The summed E-state index contributed by atoms with van der Waals surface area (Å²) in [4.78, 5) is 0. The van der Waals surface area contributed by atoms with E-state index in [2.05, 4.69) is 20.8 Å². The van der Waals surface area contributed by atoms with Crippen LogP contribution >= 0.6 is 0 Å². The highest BCUT2D eigenvalue weighted by atomic mass is 28.2. The van der Waals surface area contributed by atoms with Crippen molar-refractivity contribution in [2.75, 3.05) is 13.2 Å². The summed E-state index contributed by atoms with van der Waals surface area (Å²) in [6.07, 6.45) is 1.18. The lowest BCUT2D eigenvalue weighted by atomic mass is 9.92. The van der Waals surface area contributed by atoms with Gasteiger partial charge in [-0.15, -0.1) is 0 Å². The fourth-order valence-electron chi connectivity index (χ4n) is 1.40. The SMILES string of the molecule is CC[Si]OCC1(C)OCCC1C. The van der Waals surface area contributed by atoms with E-state index in [1.807, 2.05) is 0 Å². The van der Waals surface area contributed by atoms with E-state index in [1.54, 1.807) is 0 Å². The van der Waals surface area contributed by atoms with Gasteiger partial charge in [-0.3, -0.25) is 0 Å². The molecule has 0 aromatic heterocycles. The molecule has 0 aromatic rings. The van der Waals surface area contributed by atoms with Gasteiger partial charge in [0, 0.05) is 6.61 Å². The van der Waals surface area contributed by atoms with Crippen LogP contribution in [0.3, 0.4) is 0 Å². The van der Waals surface area contributed by atoms with Crippen molar-refractivity contribution in [2.24, 2.45) is 5.92 Å². The quantitative estimate of drug-likeness (QED) is 0.493. The Morgan fingerprint density at radius 2 is 2.42 bits per heavy atom. The molecule has 2 radical (unpaired) electrons. The highest BCUT2D eigenvalue weighted by molar-refractivity contribution is 6.26. The van der Waals surface area contributed by atoms with Crippen LogP contribution in [0.15, 0.2) is 0 Å². The van der Waals surface area contributed by atoms with Crippen LogP contribution in [0.1, 0.15) is 27.2 Å². The van der Waals surface area contributed by atoms with Gasteiger partial charge >= 0.3 is 0 Å². The molecule has 0 spiro atoms. The third-order valence-electron chi connectivity index (χ3n) is 2.63. The second-order valence-electron chi connectivity index (χ2n) is 3.64. The highest BCUT2D eigenvalue weighted by Crippen LogP contribution is 2.31. The van der Waals surface area contributed by atoms with Gasteiger partial charge in [-0.1, -0.05) is 13.8 Å². The largest absolute Gasteiger partial charge is 0.415 e. The molecule has 2 atom stereocenters. The normalized spacial score (nSPS) is 35.8. The Kier molecular flexibility index (Phi) is 3.74. The van der Waals surface area contributed by atoms with Crippen molar-refractivity contribution in [1.82, 2.24) is 0 Å². The van der Waals surface area contributed by atoms with Crippen molar-refractivity contribution in [3.8, 4) is 0 Å². The van der Waals surface area contributed by atoms with Gasteiger partial charge in [-0.2, -0.15) is 0 Å². The lowest BCUT2D eigenvalue weighted by Gasteiger charge is -2.27. The summed E-state index contributed by atoms with van der Waals surface area (Å²) in [6.45, 7) is 8.20. The van der Waals surface area contributed by atoms with Crippen LogP contribution in [0, 0.1) is 5.92 Å². The zero-order valence-electron chi connectivity index (χ0n) is 8.22. The first-order chi connectivity index (χ1) is 5.69. The number of rotatable bonds is 4. The Hall–Kier alpha value is 0.137. The summed E-state index contributed by atoms with van der Waals surface area (Å²) >= 11 is 0. The van der Waals surface area contributed by atoms with E-state index in [9.17, 15) is 0 Å². The molecule has 1 rings (SSSR count). The maximum absolute atomic E-state index is 5.68. The second-order valence-corrected chi connectivity index (χ2v) is 4.92. The van der Waals surface area contributed by atoms with Gasteiger partial charge in [0.1, 0.15) is 0 Å². The van der Waals surface area contributed by atoms with E-state index in [1.165, 1.54) is 6.42 Å². The maximum atomic E-state index is 5.68. The molecular weight excluding hydrogens is 168 g/mol. The van der Waals surface area contributed by atoms with Crippen LogP contribution < -0.4 is 0 Å². The second kappa shape index (κ2) is 4.39. The third kappa shape index (κ3) is 2.31. The van der Waals surface area contributed by atoms with E-state index in [0.717, 1.165) is 19.3 Å². The fourth-order valence-corrected chi connectivity index (χ4v) is 1.99. The third-order valence-corrected chi connectivity index (χ3v) is 3.27. The maximum Gasteiger partial charge on any atom is 0.229 e. The van der Waals surface area contributed by atoms with Gasteiger partial charge in [-0.25, -0.2) is 0 Å². The van der Waals surface area contributed by atoms with Crippen LogP contribution in [0.2, 0.25) is 6.04 Å². The predicted octanol–water partition coefficient (Wildman–Crippen LogP) is 1.88. The molecule has 2 unspecified atom stereocenters. The molecule has 3 heteroatoms. The first-order valence-electron chi connectivity index (χ1n) is 4.67.